The van der Waals surface area contributed by atoms with E-state index in [1.165, 1.54) is 5.57 Å². The molecule has 0 bridgehead atoms. The number of rotatable bonds is 3. The maximum Gasteiger partial charge on any atom is 0.138 e. The second kappa shape index (κ2) is 5.13. The smallest absolute Gasteiger partial charge is 0.138 e. The van der Waals surface area contributed by atoms with E-state index in [9.17, 15) is 4.79 Å². The predicted molar refractivity (Wildman–Crippen MR) is 66.8 cm³/mol. The molecule has 1 aromatic rings. The lowest BCUT2D eigenvalue weighted by Gasteiger charge is -2.14. The number of carbonyl (C=O) groups excluding carboxylic acids is 1. The highest BCUT2D eigenvalue weighted by Crippen LogP contribution is 2.27. The van der Waals surface area contributed by atoms with Crippen molar-refractivity contribution in [1.82, 2.24) is 4.98 Å². The van der Waals surface area contributed by atoms with Gasteiger partial charge in [-0.15, -0.1) is 0 Å². The number of carbonyl (C=O) groups is 1. The van der Waals surface area contributed by atoms with E-state index in [0.717, 1.165) is 17.7 Å². The van der Waals surface area contributed by atoms with E-state index in [2.05, 4.69) is 4.98 Å². The third kappa shape index (κ3) is 3.16. The largest absolute Gasteiger partial charge is 0.489 e. The Morgan fingerprint density at radius 1 is 1.29 bits per heavy atom. The van der Waals surface area contributed by atoms with Crippen molar-refractivity contribution in [2.24, 2.45) is 0 Å². The molecular formula is C14H17NO2. The number of pyridine rings is 1. The van der Waals surface area contributed by atoms with Crippen LogP contribution in [0.3, 0.4) is 0 Å². The molecule has 0 aromatic carbocycles. The third-order valence-corrected chi connectivity index (χ3v) is 2.71. The van der Waals surface area contributed by atoms with Crippen molar-refractivity contribution < 1.29 is 9.53 Å². The van der Waals surface area contributed by atoms with Crippen LogP contribution in [0.15, 0.2) is 24.5 Å². The lowest BCUT2D eigenvalue weighted by Crippen LogP contribution is -2.07. The van der Waals surface area contributed by atoms with Gasteiger partial charge < -0.3 is 4.74 Å². The summed E-state index contributed by atoms with van der Waals surface area (Å²) < 4.78 is 5.61. The number of nitrogens with zero attached hydrogens (tertiary/aromatic N) is 1. The summed E-state index contributed by atoms with van der Waals surface area (Å²) in [6, 6.07) is 1.99. The van der Waals surface area contributed by atoms with Crippen LogP contribution in [0.2, 0.25) is 0 Å². The van der Waals surface area contributed by atoms with E-state index in [0.29, 0.717) is 18.6 Å². The van der Waals surface area contributed by atoms with Crippen LogP contribution in [0, 0.1) is 0 Å². The number of ether oxygens (including phenoxy) is 1. The number of aromatic nitrogens is 1. The van der Waals surface area contributed by atoms with Crippen LogP contribution in [-0.4, -0.2) is 16.9 Å². The van der Waals surface area contributed by atoms with E-state index in [-0.39, 0.29) is 6.10 Å². The first kappa shape index (κ1) is 11.8. The zero-order valence-corrected chi connectivity index (χ0v) is 10.3. The summed E-state index contributed by atoms with van der Waals surface area (Å²) in [7, 11) is 0. The molecule has 0 unspecified atom stereocenters. The lowest BCUT2D eigenvalue weighted by atomic mass is 9.94. The van der Waals surface area contributed by atoms with Crippen molar-refractivity contribution >= 4 is 11.4 Å². The van der Waals surface area contributed by atoms with Crippen molar-refractivity contribution in [3.05, 3.63) is 30.1 Å². The number of ketones is 1. The molecule has 0 aliphatic heterocycles. The maximum absolute atomic E-state index is 11.2. The Kier molecular flexibility index (Phi) is 3.57. The quantitative estimate of drug-likeness (QED) is 0.802. The fourth-order valence-electron chi connectivity index (χ4n) is 1.91. The van der Waals surface area contributed by atoms with Gasteiger partial charge in [0.25, 0.3) is 0 Å². The highest BCUT2D eigenvalue weighted by Gasteiger charge is 2.12. The Morgan fingerprint density at radius 2 is 2.12 bits per heavy atom. The van der Waals surface area contributed by atoms with Gasteiger partial charge in [-0.3, -0.25) is 9.78 Å². The molecule has 1 aliphatic rings. The van der Waals surface area contributed by atoms with Crippen molar-refractivity contribution in [2.75, 3.05) is 0 Å². The lowest BCUT2D eigenvalue weighted by molar-refractivity contribution is -0.118. The Hall–Kier alpha value is -1.64. The molecule has 0 saturated carbocycles. The predicted octanol–water partition coefficient (Wildman–Crippen LogP) is 3.01. The van der Waals surface area contributed by atoms with Crippen LogP contribution >= 0.6 is 0 Å². The molecular weight excluding hydrogens is 214 g/mol. The topological polar surface area (TPSA) is 39.2 Å². The van der Waals surface area contributed by atoms with E-state index in [1.54, 1.807) is 6.20 Å². The van der Waals surface area contributed by atoms with Crippen LogP contribution in [0.1, 0.15) is 38.7 Å². The van der Waals surface area contributed by atoms with Crippen molar-refractivity contribution in [1.29, 1.82) is 0 Å². The van der Waals surface area contributed by atoms with Gasteiger partial charge in [-0.25, -0.2) is 0 Å². The van der Waals surface area contributed by atoms with Crippen LogP contribution in [-0.2, 0) is 4.79 Å². The molecule has 0 saturated heterocycles. The van der Waals surface area contributed by atoms with Gasteiger partial charge in [-0.2, -0.15) is 0 Å². The standard InChI is InChI=1S/C14H17NO2/c1-10(2)17-14-7-12(8-15-9-14)11-3-5-13(16)6-4-11/h3,7-10H,4-6H2,1-2H3. The molecule has 0 fully saturated rings. The summed E-state index contributed by atoms with van der Waals surface area (Å²) >= 11 is 0. The van der Waals surface area contributed by atoms with Crippen LogP contribution < -0.4 is 4.74 Å². The van der Waals surface area contributed by atoms with Crippen LogP contribution in [0.4, 0.5) is 0 Å². The molecule has 0 N–H and O–H groups in total. The number of Topliss-reactive ketones (excluding diaryl/α,β-unsaturated/α-hetero) is 1. The normalized spacial score (nSPS) is 15.9. The zero-order valence-electron chi connectivity index (χ0n) is 10.3. The number of allylic oxidation sites excluding steroid dienone is 2. The highest BCUT2D eigenvalue weighted by molar-refractivity contribution is 5.86. The summed E-state index contributed by atoms with van der Waals surface area (Å²) in [4.78, 5) is 15.3. The van der Waals surface area contributed by atoms with E-state index < -0.39 is 0 Å². The first-order valence-electron chi connectivity index (χ1n) is 5.98. The number of hydrogen-bond acceptors (Lipinski definition) is 3. The van der Waals surface area contributed by atoms with E-state index >= 15 is 0 Å². The molecule has 0 amide bonds. The Morgan fingerprint density at radius 3 is 2.76 bits per heavy atom. The summed E-state index contributed by atoms with van der Waals surface area (Å²) in [6.45, 7) is 3.98. The Labute approximate surface area is 102 Å². The van der Waals surface area contributed by atoms with Gasteiger partial charge in [0.2, 0.25) is 0 Å². The summed E-state index contributed by atoms with van der Waals surface area (Å²) in [5.41, 5.74) is 2.27. The highest BCUT2D eigenvalue weighted by atomic mass is 16.5. The summed E-state index contributed by atoms with van der Waals surface area (Å²) in [5.74, 6) is 1.10. The minimum absolute atomic E-state index is 0.147. The average Bonchev–Trinajstić information content (AvgIpc) is 2.29. The van der Waals surface area contributed by atoms with Crippen molar-refractivity contribution in [3.63, 3.8) is 0 Å². The van der Waals surface area contributed by atoms with Gasteiger partial charge in [-0.1, -0.05) is 6.08 Å². The average molecular weight is 231 g/mol. The monoisotopic (exact) mass is 231 g/mol. The van der Waals surface area contributed by atoms with Gasteiger partial charge in [0, 0.05) is 19.0 Å². The van der Waals surface area contributed by atoms with Crippen LogP contribution in [0.25, 0.3) is 5.57 Å². The maximum atomic E-state index is 11.2. The fourth-order valence-corrected chi connectivity index (χ4v) is 1.91. The molecule has 2 rings (SSSR count). The molecule has 3 heteroatoms. The summed E-state index contributed by atoms with van der Waals surface area (Å²) in [6.07, 6.45) is 7.70. The summed E-state index contributed by atoms with van der Waals surface area (Å²) in [5, 5.41) is 0. The van der Waals surface area contributed by atoms with Crippen molar-refractivity contribution in [2.45, 2.75) is 39.2 Å². The van der Waals surface area contributed by atoms with Gasteiger partial charge in [0.05, 0.1) is 12.3 Å². The molecule has 1 aromatic heterocycles. The second-order valence-electron chi connectivity index (χ2n) is 4.55. The molecule has 1 heterocycles. The minimum atomic E-state index is 0.147. The zero-order chi connectivity index (χ0) is 12.3. The first-order valence-corrected chi connectivity index (χ1v) is 5.98. The van der Waals surface area contributed by atoms with E-state index in [4.69, 9.17) is 4.74 Å². The molecule has 0 atom stereocenters. The SMILES string of the molecule is CC(C)Oc1cncc(C2=CCC(=O)CC2)c1. The van der Waals surface area contributed by atoms with Gasteiger partial charge >= 0.3 is 0 Å². The fraction of sp³-hybridized carbons (Fsp3) is 0.429. The molecule has 0 spiro atoms. The van der Waals surface area contributed by atoms with Gasteiger partial charge in [-0.05, 0) is 37.5 Å². The van der Waals surface area contributed by atoms with Crippen LogP contribution in [0.5, 0.6) is 5.75 Å². The first-order chi connectivity index (χ1) is 8.15. The molecule has 3 nitrogen and oxygen atoms in total. The minimum Gasteiger partial charge on any atom is -0.489 e. The second-order valence-corrected chi connectivity index (χ2v) is 4.55. The van der Waals surface area contributed by atoms with Gasteiger partial charge in [0.15, 0.2) is 0 Å². The molecule has 17 heavy (non-hydrogen) atoms. The Bertz CT molecular complexity index is 449. The molecule has 1 aliphatic carbocycles. The third-order valence-electron chi connectivity index (χ3n) is 2.71. The van der Waals surface area contributed by atoms with Crippen molar-refractivity contribution in [3.8, 4) is 5.75 Å². The van der Waals surface area contributed by atoms with E-state index in [1.807, 2.05) is 32.2 Å². The number of hydrogen-bond donors (Lipinski definition) is 0. The Balaban J connectivity index is 2.18. The molecule has 90 valence electrons. The van der Waals surface area contributed by atoms with Gasteiger partial charge in [0.1, 0.15) is 11.5 Å². The molecule has 0 radical (unpaired) electrons.